The molecule has 0 unspecified atom stereocenters. The minimum absolute atomic E-state index is 0.167. The van der Waals surface area contributed by atoms with E-state index in [9.17, 15) is 14.7 Å². The second-order valence-electron chi connectivity index (χ2n) is 11.2. The molecular weight excluding hydrogens is 587 g/mol. The molecule has 5 rings (SSSR count). The van der Waals surface area contributed by atoms with Crippen molar-refractivity contribution in [2.75, 3.05) is 32.1 Å². The van der Waals surface area contributed by atoms with Crippen LogP contribution in [0.4, 0.5) is 10.5 Å². The molecule has 0 spiro atoms. The molecule has 8 nitrogen and oxygen atoms in total. The van der Waals surface area contributed by atoms with Crippen molar-refractivity contribution in [3.05, 3.63) is 88.0 Å². The van der Waals surface area contributed by atoms with Gasteiger partial charge in [0.05, 0.1) is 41.1 Å². The highest BCUT2D eigenvalue weighted by Gasteiger charge is 2.34. The van der Waals surface area contributed by atoms with Crippen LogP contribution in [-0.2, 0) is 18.4 Å². The fraction of sp³-hybridized carbons (Fsp3) is 0.333. The Labute approximate surface area is 261 Å². The van der Waals surface area contributed by atoms with Gasteiger partial charge in [-0.1, -0.05) is 78.7 Å². The number of ether oxygens (including phenoxy) is 1. The number of hydrogen-bond acceptors (Lipinski definition) is 4. The van der Waals surface area contributed by atoms with Crippen LogP contribution < -0.4 is 5.32 Å². The van der Waals surface area contributed by atoms with E-state index < -0.39 is 12.1 Å². The number of rotatable bonds is 5. The van der Waals surface area contributed by atoms with E-state index >= 15 is 0 Å². The number of likely N-dealkylation sites (N-methyl/N-ethyl adjacent to an activating group) is 1. The van der Waals surface area contributed by atoms with Crippen LogP contribution in [0.2, 0.25) is 10.0 Å². The minimum atomic E-state index is -0.441. The third-order valence-corrected chi connectivity index (χ3v) is 9.04. The van der Waals surface area contributed by atoms with Gasteiger partial charge in [0.15, 0.2) is 0 Å². The number of carbonyl (C=O) groups excluding carboxylic acids is 2. The predicted octanol–water partition coefficient (Wildman–Crippen LogP) is 6.67. The molecule has 1 aliphatic heterocycles. The Hall–Kier alpha value is -3.56. The largest absolute Gasteiger partial charge is 0.394 e. The Balaban J connectivity index is 1.53. The van der Waals surface area contributed by atoms with Gasteiger partial charge in [0.25, 0.3) is 5.91 Å². The Morgan fingerprint density at radius 1 is 1.12 bits per heavy atom. The molecule has 3 aromatic carbocycles. The molecule has 3 atom stereocenters. The lowest BCUT2D eigenvalue weighted by Crippen LogP contribution is -2.48. The summed E-state index contributed by atoms with van der Waals surface area (Å²) in [7, 11) is 3.59. The molecule has 0 bridgehead atoms. The van der Waals surface area contributed by atoms with Gasteiger partial charge in [-0.3, -0.25) is 4.79 Å². The minimum Gasteiger partial charge on any atom is -0.394 e. The van der Waals surface area contributed by atoms with Gasteiger partial charge >= 0.3 is 6.03 Å². The number of halogens is 2. The molecule has 0 saturated heterocycles. The molecule has 1 aromatic heterocycles. The summed E-state index contributed by atoms with van der Waals surface area (Å²) < 4.78 is 8.53. The van der Waals surface area contributed by atoms with Gasteiger partial charge < -0.3 is 29.5 Å². The number of aliphatic hydroxyl groups excluding tert-OH is 1. The lowest BCUT2D eigenvalue weighted by molar-refractivity contribution is -0.0179. The maximum absolute atomic E-state index is 14.5. The van der Waals surface area contributed by atoms with E-state index in [2.05, 4.69) is 5.32 Å². The smallest absolute Gasteiger partial charge is 0.321 e. The van der Waals surface area contributed by atoms with Gasteiger partial charge in [0, 0.05) is 49.6 Å². The summed E-state index contributed by atoms with van der Waals surface area (Å²) >= 11 is 12.4. The van der Waals surface area contributed by atoms with E-state index in [0.717, 1.165) is 27.6 Å². The number of anilines is 1. The zero-order valence-corrected chi connectivity index (χ0v) is 26.2. The number of aryl methyl sites for hydroxylation is 1. The van der Waals surface area contributed by atoms with Crippen molar-refractivity contribution in [1.82, 2.24) is 14.4 Å². The van der Waals surface area contributed by atoms with Crippen LogP contribution >= 0.6 is 23.2 Å². The van der Waals surface area contributed by atoms with E-state index in [0.29, 0.717) is 22.9 Å². The molecule has 0 fully saturated rings. The number of amides is 3. The van der Waals surface area contributed by atoms with Crippen molar-refractivity contribution in [2.24, 2.45) is 13.0 Å². The molecule has 226 valence electrons. The number of aliphatic hydroxyl groups is 1. The molecule has 3 amide bonds. The van der Waals surface area contributed by atoms with E-state index in [4.69, 9.17) is 27.9 Å². The van der Waals surface area contributed by atoms with Crippen molar-refractivity contribution in [3.63, 3.8) is 0 Å². The Morgan fingerprint density at radius 3 is 2.60 bits per heavy atom. The summed E-state index contributed by atoms with van der Waals surface area (Å²) in [6.07, 6.45) is -0.433. The molecule has 43 heavy (non-hydrogen) atoms. The fourth-order valence-corrected chi connectivity index (χ4v) is 6.04. The lowest BCUT2D eigenvalue weighted by atomic mass is 9.96. The second-order valence-corrected chi connectivity index (χ2v) is 12.0. The number of para-hydroxylation sites is 1. The average molecular weight is 624 g/mol. The summed E-state index contributed by atoms with van der Waals surface area (Å²) in [5.74, 6) is -0.356. The number of carbonyl (C=O) groups is 2. The summed E-state index contributed by atoms with van der Waals surface area (Å²) in [6.45, 7) is 4.50. The summed E-state index contributed by atoms with van der Waals surface area (Å²) in [6, 6.07) is 20.2. The van der Waals surface area contributed by atoms with Gasteiger partial charge in [0.2, 0.25) is 0 Å². The second kappa shape index (κ2) is 13.0. The SMILES string of the molecule is C[C@H](CO)N1C[C@H](C)[C@H](CN(C)C(=O)Nc2cccc(Cl)c2Cl)OCc2ccccc2-c2c(n(C)c3ccccc23)C1=O. The van der Waals surface area contributed by atoms with E-state index in [1.54, 1.807) is 30.1 Å². The number of fused-ring (bicyclic) bond motifs is 5. The molecule has 4 aromatic rings. The maximum atomic E-state index is 14.5. The average Bonchev–Trinajstić information content (AvgIpc) is 3.30. The highest BCUT2D eigenvalue weighted by Crippen LogP contribution is 2.38. The van der Waals surface area contributed by atoms with Crippen molar-refractivity contribution in [2.45, 2.75) is 32.6 Å². The van der Waals surface area contributed by atoms with Crippen LogP contribution in [-0.4, -0.2) is 70.3 Å². The first-order valence-electron chi connectivity index (χ1n) is 14.3. The molecular formula is C33H36Cl2N4O4. The number of urea groups is 1. The molecule has 10 heteroatoms. The first kappa shape index (κ1) is 30.9. The molecule has 2 N–H and O–H groups in total. The standard InChI is InChI=1S/C33H36Cl2N4O4/c1-20-16-39(21(2)18-40)32(41)31-29(24-12-7-8-15-27(24)38(31)4)23-11-6-5-10-22(23)19-43-28(20)17-37(3)33(42)36-26-14-9-13-25(34)30(26)35/h5-15,20-21,28,40H,16-19H2,1-4H3,(H,36,42)/t20-,21+,28-/m0/s1. The van der Waals surface area contributed by atoms with Crippen LogP contribution in [0.25, 0.3) is 22.0 Å². The van der Waals surface area contributed by atoms with Crippen LogP contribution in [0.1, 0.15) is 29.9 Å². The normalized spacial score (nSPS) is 18.0. The number of nitrogens with zero attached hydrogens (tertiary/aromatic N) is 3. The first-order valence-corrected chi connectivity index (χ1v) is 15.0. The van der Waals surface area contributed by atoms with Gasteiger partial charge in [-0.15, -0.1) is 0 Å². The number of aromatic nitrogens is 1. The molecule has 2 heterocycles. The maximum Gasteiger partial charge on any atom is 0.321 e. The van der Waals surface area contributed by atoms with Gasteiger partial charge in [0.1, 0.15) is 5.69 Å². The van der Waals surface area contributed by atoms with Crippen molar-refractivity contribution < 1.29 is 19.4 Å². The van der Waals surface area contributed by atoms with Crippen LogP contribution in [0.15, 0.2) is 66.7 Å². The molecule has 1 aliphatic rings. The summed E-state index contributed by atoms with van der Waals surface area (Å²) in [4.78, 5) is 30.9. The highest BCUT2D eigenvalue weighted by atomic mass is 35.5. The molecule has 0 saturated carbocycles. The number of hydrogen-bond donors (Lipinski definition) is 2. The zero-order valence-electron chi connectivity index (χ0n) is 24.7. The van der Waals surface area contributed by atoms with Crippen molar-refractivity contribution >= 4 is 51.7 Å². The Kier molecular flexibility index (Phi) is 9.32. The van der Waals surface area contributed by atoms with E-state index in [-0.39, 0.29) is 42.6 Å². The van der Waals surface area contributed by atoms with Crippen molar-refractivity contribution in [3.8, 4) is 11.1 Å². The monoisotopic (exact) mass is 622 g/mol. The topological polar surface area (TPSA) is 87.0 Å². The van der Waals surface area contributed by atoms with Crippen LogP contribution in [0.3, 0.4) is 0 Å². The number of nitrogens with one attached hydrogen (secondary N) is 1. The van der Waals surface area contributed by atoms with Crippen LogP contribution in [0, 0.1) is 5.92 Å². The zero-order chi connectivity index (χ0) is 30.8. The third kappa shape index (κ3) is 6.10. The summed E-state index contributed by atoms with van der Waals surface area (Å²) in [5, 5.41) is 14.6. The number of benzene rings is 3. The van der Waals surface area contributed by atoms with Crippen molar-refractivity contribution in [1.29, 1.82) is 0 Å². The van der Waals surface area contributed by atoms with E-state index in [1.165, 1.54) is 4.90 Å². The van der Waals surface area contributed by atoms with Gasteiger partial charge in [-0.2, -0.15) is 0 Å². The molecule has 0 aliphatic carbocycles. The third-order valence-electron chi connectivity index (χ3n) is 8.22. The Bertz CT molecular complexity index is 1660. The quantitative estimate of drug-likeness (QED) is 0.260. The predicted molar refractivity (Wildman–Crippen MR) is 172 cm³/mol. The van der Waals surface area contributed by atoms with E-state index in [1.807, 2.05) is 74.0 Å². The fourth-order valence-electron chi connectivity index (χ4n) is 5.69. The Morgan fingerprint density at radius 2 is 1.84 bits per heavy atom. The van der Waals surface area contributed by atoms with Crippen LogP contribution in [0.5, 0.6) is 0 Å². The highest BCUT2D eigenvalue weighted by molar-refractivity contribution is 6.44. The summed E-state index contributed by atoms with van der Waals surface area (Å²) in [5.41, 5.74) is 4.62. The lowest BCUT2D eigenvalue weighted by Gasteiger charge is -2.35. The van der Waals surface area contributed by atoms with Gasteiger partial charge in [-0.05, 0) is 36.2 Å². The first-order chi connectivity index (χ1) is 20.6. The molecule has 0 radical (unpaired) electrons. The van der Waals surface area contributed by atoms with Gasteiger partial charge in [-0.25, -0.2) is 4.79 Å².